The number of nitrogens with zero attached hydrogens (tertiary/aromatic N) is 1. The number of aliphatic hydroxyl groups excluding tert-OH is 1. The Morgan fingerprint density at radius 1 is 1.05 bits per heavy atom. The second-order valence-corrected chi connectivity index (χ2v) is 4.70. The average molecular weight is 283 g/mol. The molecule has 3 aromatic rings. The number of aliphatic hydroxyl groups is 1. The molecule has 0 spiro atoms. The highest BCUT2D eigenvalue weighted by Crippen LogP contribution is 2.34. The van der Waals surface area contributed by atoms with E-state index in [4.69, 9.17) is 4.74 Å². The molecule has 4 heteroatoms. The number of hydrogen-bond acceptors (Lipinski definition) is 3. The first-order chi connectivity index (χ1) is 10.2. The number of fused-ring (bicyclic) bond motifs is 1. The summed E-state index contributed by atoms with van der Waals surface area (Å²) >= 11 is 0. The minimum absolute atomic E-state index is 0.209. The van der Waals surface area contributed by atoms with Crippen LogP contribution >= 0.6 is 0 Å². The molecule has 0 saturated carbocycles. The van der Waals surface area contributed by atoms with Crippen LogP contribution in [0.25, 0.3) is 10.8 Å². The summed E-state index contributed by atoms with van der Waals surface area (Å²) in [5.41, 5.74) is 0.844. The second kappa shape index (κ2) is 5.50. The Labute approximate surface area is 121 Å². The summed E-state index contributed by atoms with van der Waals surface area (Å²) in [6.45, 7) is 0. The van der Waals surface area contributed by atoms with Crippen molar-refractivity contribution >= 4 is 10.8 Å². The predicted molar refractivity (Wildman–Crippen MR) is 78.8 cm³/mol. The first kappa shape index (κ1) is 13.5. The minimum atomic E-state index is -1.05. The van der Waals surface area contributed by atoms with Crippen molar-refractivity contribution < 1.29 is 14.2 Å². The van der Waals surface area contributed by atoms with Gasteiger partial charge in [0.05, 0.1) is 13.3 Å². The number of pyridine rings is 1. The van der Waals surface area contributed by atoms with Crippen LogP contribution in [0.2, 0.25) is 0 Å². The Morgan fingerprint density at radius 2 is 1.81 bits per heavy atom. The van der Waals surface area contributed by atoms with Gasteiger partial charge in [0, 0.05) is 17.1 Å². The standard InChI is InChI=1S/C17H14FNO2/c1-21-16-7-6-13(11-4-2-3-5-12(11)16)17(20)14-8-9-19-10-15(14)18/h2-10,17,20H,1H3. The van der Waals surface area contributed by atoms with Crippen LogP contribution < -0.4 is 4.74 Å². The van der Waals surface area contributed by atoms with Gasteiger partial charge in [-0.2, -0.15) is 0 Å². The molecule has 0 aliphatic carbocycles. The van der Waals surface area contributed by atoms with E-state index in [1.54, 1.807) is 19.2 Å². The van der Waals surface area contributed by atoms with Gasteiger partial charge in [0.1, 0.15) is 17.7 Å². The zero-order valence-corrected chi connectivity index (χ0v) is 11.5. The van der Waals surface area contributed by atoms with E-state index in [1.165, 1.54) is 12.3 Å². The molecule has 2 aromatic carbocycles. The lowest BCUT2D eigenvalue weighted by molar-refractivity contribution is 0.216. The van der Waals surface area contributed by atoms with Gasteiger partial charge >= 0.3 is 0 Å². The first-order valence-corrected chi connectivity index (χ1v) is 6.55. The normalized spacial score (nSPS) is 12.3. The third kappa shape index (κ3) is 2.34. The second-order valence-electron chi connectivity index (χ2n) is 4.70. The fourth-order valence-electron chi connectivity index (χ4n) is 2.49. The molecule has 1 atom stereocenters. The van der Waals surface area contributed by atoms with Crippen molar-refractivity contribution in [2.75, 3.05) is 7.11 Å². The third-order valence-electron chi connectivity index (χ3n) is 3.53. The van der Waals surface area contributed by atoms with E-state index in [0.717, 1.165) is 22.7 Å². The predicted octanol–water partition coefficient (Wildman–Crippen LogP) is 3.46. The number of ether oxygens (including phenoxy) is 1. The van der Waals surface area contributed by atoms with Crippen molar-refractivity contribution in [1.29, 1.82) is 0 Å². The van der Waals surface area contributed by atoms with Gasteiger partial charge in [-0.05, 0) is 23.1 Å². The maximum Gasteiger partial charge on any atom is 0.147 e. The summed E-state index contributed by atoms with van der Waals surface area (Å²) in [5, 5.41) is 12.2. The van der Waals surface area contributed by atoms with E-state index >= 15 is 0 Å². The molecular weight excluding hydrogens is 269 g/mol. The van der Waals surface area contributed by atoms with Gasteiger partial charge in [-0.15, -0.1) is 0 Å². The fraction of sp³-hybridized carbons (Fsp3) is 0.118. The van der Waals surface area contributed by atoms with E-state index in [-0.39, 0.29) is 5.56 Å². The molecule has 1 N–H and O–H groups in total. The molecule has 0 bridgehead atoms. The Balaban J connectivity index is 2.19. The zero-order chi connectivity index (χ0) is 14.8. The zero-order valence-electron chi connectivity index (χ0n) is 11.5. The van der Waals surface area contributed by atoms with Crippen molar-refractivity contribution in [1.82, 2.24) is 4.98 Å². The first-order valence-electron chi connectivity index (χ1n) is 6.55. The van der Waals surface area contributed by atoms with Gasteiger partial charge in [-0.25, -0.2) is 4.39 Å². The molecule has 0 aliphatic heterocycles. The van der Waals surface area contributed by atoms with Crippen LogP contribution in [0.1, 0.15) is 17.2 Å². The molecule has 1 unspecified atom stereocenters. The Hall–Kier alpha value is -2.46. The van der Waals surface area contributed by atoms with Gasteiger partial charge < -0.3 is 9.84 Å². The largest absolute Gasteiger partial charge is 0.496 e. The van der Waals surface area contributed by atoms with Crippen LogP contribution in [0.15, 0.2) is 54.9 Å². The lowest BCUT2D eigenvalue weighted by atomic mass is 9.95. The molecule has 0 amide bonds. The topological polar surface area (TPSA) is 42.4 Å². The molecule has 3 nitrogen and oxygen atoms in total. The Morgan fingerprint density at radius 3 is 2.52 bits per heavy atom. The van der Waals surface area contributed by atoms with Gasteiger partial charge in [0.15, 0.2) is 0 Å². The molecule has 0 aliphatic rings. The van der Waals surface area contributed by atoms with Gasteiger partial charge in [0.25, 0.3) is 0 Å². The molecule has 0 saturated heterocycles. The monoisotopic (exact) mass is 283 g/mol. The van der Waals surface area contributed by atoms with Crippen LogP contribution in [0.5, 0.6) is 5.75 Å². The summed E-state index contributed by atoms with van der Waals surface area (Å²) in [6.07, 6.45) is 1.52. The molecule has 1 aromatic heterocycles. The van der Waals surface area contributed by atoms with Crippen molar-refractivity contribution in [2.24, 2.45) is 0 Å². The van der Waals surface area contributed by atoms with Crippen molar-refractivity contribution in [3.63, 3.8) is 0 Å². The summed E-state index contributed by atoms with van der Waals surface area (Å²) in [4.78, 5) is 3.70. The third-order valence-corrected chi connectivity index (χ3v) is 3.53. The van der Waals surface area contributed by atoms with Crippen molar-refractivity contribution in [3.05, 3.63) is 71.8 Å². The number of benzene rings is 2. The molecule has 21 heavy (non-hydrogen) atoms. The molecule has 0 radical (unpaired) electrons. The van der Waals surface area contributed by atoms with E-state index < -0.39 is 11.9 Å². The number of aromatic nitrogens is 1. The highest BCUT2D eigenvalue weighted by Gasteiger charge is 2.18. The number of methoxy groups -OCH3 is 1. The van der Waals surface area contributed by atoms with Gasteiger partial charge in [0.2, 0.25) is 0 Å². The van der Waals surface area contributed by atoms with Crippen LogP contribution in [0.3, 0.4) is 0 Å². The van der Waals surface area contributed by atoms with Gasteiger partial charge in [-0.3, -0.25) is 4.98 Å². The summed E-state index contributed by atoms with van der Waals surface area (Å²) < 4.78 is 19.1. The Bertz CT molecular complexity index is 789. The van der Waals surface area contributed by atoms with Crippen LogP contribution in [-0.2, 0) is 0 Å². The van der Waals surface area contributed by atoms with E-state index in [1.807, 2.05) is 24.3 Å². The van der Waals surface area contributed by atoms with Crippen molar-refractivity contribution in [2.45, 2.75) is 6.10 Å². The van der Waals surface area contributed by atoms with Gasteiger partial charge in [-0.1, -0.05) is 30.3 Å². The van der Waals surface area contributed by atoms with Crippen molar-refractivity contribution in [3.8, 4) is 5.75 Å². The molecule has 106 valence electrons. The Kier molecular flexibility index (Phi) is 3.54. The van der Waals surface area contributed by atoms with Crippen LogP contribution in [0.4, 0.5) is 4.39 Å². The molecule has 0 fully saturated rings. The number of halogens is 1. The molecule has 3 rings (SSSR count). The number of rotatable bonds is 3. The maximum atomic E-state index is 13.8. The molecular formula is C17H14FNO2. The van der Waals surface area contributed by atoms with E-state index in [2.05, 4.69) is 4.98 Å². The number of hydrogen-bond donors (Lipinski definition) is 1. The van der Waals surface area contributed by atoms with Crippen LogP contribution in [-0.4, -0.2) is 17.2 Å². The summed E-state index contributed by atoms with van der Waals surface area (Å²) in [6, 6.07) is 12.6. The lowest BCUT2D eigenvalue weighted by Gasteiger charge is -2.16. The quantitative estimate of drug-likeness (QED) is 0.800. The lowest BCUT2D eigenvalue weighted by Crippen LogP contribution is -2.04. The average Bonchev–Trinajstić information content (AvgIpc) is 2.53. The SMILES string of the molecule is COc1ccc(C(O)c2ccncc2F)c2ccccc12. The van der Waals surface area contributed by atoms with E-state index in [9.17, 15) is 9.50 Å². The highest BCUT2D eigenvalue weighted by atomic mass is 19.1. The smallest absolute Gasteiger partial charge is 0.147 e. The van der Waals surface area contributed by atoms with E-state index in [0.29, 0.717) is 5.56 Å². The van der Waals surface area contributed by atoms with Crippen LogP contribution in [0, 0.1) is 5.82 Å². The molecule has 1 heterocycles. The highest BCUT2D eigenvalue weighted by molar-refractivity contribution is 5.91. The fourth-order valence-corrected chi connectivity index (χ4v) is 2.49. The maximum absolute atomic E-state index is 13.8. The summed E-state index contributed by atoms with van der Waals surface area (Å²) in [5.74, 6) is 0.196. The minimum Gasteiger partial charge on any atom is -0.496 e. The summed E-state index contributed by atoms with van der Waals surface area (Å²) in [7, 11) is 1.60.